The van der Waals surface area contributed by atoms with E-state index in [1.807, 2.05) is 37.3 Å². The summed E-state index contributed by atoms with van der Waals surface area (Å²) >= 11 is 0. The second-order valence-electron chi connectivity index (χ2n) is 5.20. The van der Waals surface area contributed by atoms with Crippen LogP contribution in [0.5, 0.6) is 0 Å². The van der Waals surface area contributed by atoms with E-state index in [1.165, 1.54) is 0 Å². The highest BCUT2D eigenvalue weighted by molar-refractivity contribution is 6.08. The van der Waals surface area contributed by atoms with Crippen LogP contribution in [-0.2, 0) is 6.54 Å². The van der Waals surface area contributed by atoms with Crippen molar-refractivity contribution in [1.82, 2.24) is 15.0 Å². The molecular formula is C18H16N4O. The summed E-state index contributed by atoms with van der Waals surface area (Å²) in [6, 6.07) is 11.3. The minimum Gasteiger partial charge on any atom is -0.350 e. The standard InChI is InChI=1S/C18H16N4O/c1-13-3-2-4-15(9-13)17(23)16-11-21-18(22-12-16)20-10-14-5-7-19-8-6-14/h2-9,11-12H,10H2,1H3,(H,20,21,22). The van der Waals surface area contributed by atoms with Crippen molar-refractivity contribution in [2.24, 2.45) is 0 Å². The zero-order chi connectivity index (χ0) is 16.1. The molecule has 114 valence electrons. The van der Waals surface area contributed by atoms with Crippen molar-refractivity contribution in [1.29, 1.82) is 0 Å². The number of nitrogens with zero attached hydrogens (tertiary/aromatic N) is 3. The van der Waals surface area contributed by atoms with E-state index in [4.69, 9.17) is 0 Å². The predicted octanol–water partition coefficient (Wildman–Crippen LogP) is 3.02. The van der Waals surface area contributed by atoms with E-state index < -0.39 is 0 Å². The smallest absolute Gasteiger partial charge is 0.222 e. The first kappa shape index (κ1) is 14.8. The van der Waals surface area contributed by atoms with Gasteiger partial charge in [-0.1, -0.05) is 23.8 Å². The molecule has 0 saturated heterocycles. The third kappa shape index (κ3) is 3.77. The molecule has 5 heteroatoms. The summed E-state index contributed by atoms with van der Waals surface area (Å²) in [6.07, 6.45) is 6.57. The molecule has 23 heavy (non-hydrogen) atoms. The Morgan fingerprint density at radius 1 is 1.04 bits per heavy atom. The molecule has 3 aromatic rings. The summed E-state index contributed by atoms with van der Waals surface area (Å²) in [5, 5.41) is 3.11. The third-order valence-corrected chi connectivity index (χ3v) is 3.39. The Hall–Kier alpha value is -3.08. The van der Waals surface area contributed by atoms with Crippen molar-refractivity contribution >= 4 is 11.7 Å². The van der Waals surface area contributed by atoms with E-state index >= 15 is 0 Å². The van der Waals surface area contributed by atoms with Gasteiger partial charge in [-0.3, -0.25) is 9.78 Å². The molecule has 0 unspecified atom stereocenters. The van der Waals surface area contributed by atoms with Crippen LogP contribution in [0.15, 0.2) is 61.2 Å². The molecule has 1 N–H and O–H groups in total. The fourth-order valence-electron chi connectivity index (χ4n) is 2.17. The molecule has 0 aliphatic rings. The van der Waals surface area contributed by atoms with E-state index in [9.17, 15) is 4.79 Å². The lowest BCUT2D eigenvalue weighted by molar-refractivity contribution is 0.103. The minimum atomic E-state index is -0.0746. The summed E-state index contributed by atoms with van der Waals surface area (Å²) in [7, 11) is 0. The predicted molar refractivity (Wildman–Crippen MR) is 88.2 cm³/mol. The number of pyridine rings is 1. The summed E-state index contributed by atoms with van der Waals surface area (Å²) in [4.78, 5) is 24.8. The summed E-state index contributed by atoms with van der Waals surface area (Å²) in [5.74, 6) is 0.414. The van der Waals surface area contributed by atoms with Crippen LogP contribution in [-0.4, -0.2) is 20.7 Å². The maximum absolute atomic E-state index is 12.4. The Morgan fingerprint density at radius 2 is 1.78 bits per heavy atom. The summed E-state index contributed by atoms with van der Waals surface area (Å²) < 4.78 is 0. The van der Waals surface area contributed by atoms with Crippen molar-refractivity contribution < 1.29 is 4.79 Å². The maximum atomic E-state index is 12.4. The Bertz CT molecular complexity index is 801. The van der Waals surface area contributed by atoms with Crippen molar-refractivity contribution in [3.05, 3.63) is 83.4 Å². The first-order valence-corrected chi connectivity index (χ1v) is 7.28. The molecule has 0 aliphatic heterocycles. The second-order valence-corrected chi connectivity index (χ2v) is 5.20. The number of aryl methyl sites for hydroxylation is 1. The van der Waals surface area contributed by atoms with E-state index in [0.717, 1.165) is 11.1 Å². The first-order valence-electron chi connectivity index (χ1n) is 7.28. The molecule has 0 spiro atoms. The number of ketones is 1. The van der Waals surface area contributed by atoms with Gasteiger partial charge in [0.15, 0.2) is 5.78 Å². The van der Waals surface area contributed by atoms with Gasteiger partial charge in [-0.25, -0.2) is 9.97 Å². The van der Waals surface area contributed by atoms with Gasteiger partial charge in [0.2, 0.25) is 5.95 Å². The van der Waals surface area contributed by atoms with Crippen molar-refractivity contribution in [3.8, 4) is 0 Å². The van der Waals surface area contributed by atoms with Crippen LogP contribution in [0.4, 0.5) is 5.95 Å². The van der Waals surface area contributed by atoms with E-state index in [-0.39, 0.29) is 5.78 Å². The number of aromatic nitrogens is 3. The number of hydrogen-bond acceptors (Lipinski definition) is 5. The number of rotatable bonds is 5. The van der Waals surface area contributed by atoms with E-state index in [0.29, 0.717) is 23.6 Å². The lowest BCUT2D eigenvalue weighted by atomic mass is 10.0. The minimum absolute atomic E-state index is 0.0746. The van der Waals surface area contributed by atoms with Crippen LogP contribution < -0.4 is 5.32 Å². The largest absolute Gasteiger partial charge is 0.350 e. The average molecular weight is 304 g/mol. The summed E-state index contributed by atoms with van der Waals surface area (Å²) in [5.41, 5.74) is 3.26. The van der Waals surface area contributed by atoms with Crippen LogP contribution in [0.2, 0.25) is 0 Å². The number of benzene rings is 1. The van der Waals surface area contributed by atoms with Gasteiger partial charge in [-0.15, -0.1) is 0 Å². The van der Waals surface area contributed by atoms with Crippen LogP contribution in [0.25, 0.3) is 0 Å². The van der Waals surface area contributed by atoms with E-state index in [2.05, 4.69) is 20.3 Å². The lowest BCUT2D eigenvalue weighted by Crippen LogP contribution is -2.07. The molecule has 0 bridgehead atoms. The van der Waals surface area contributed by atoms with Gasteiger partial charge in [0, 0.05) is 36.9 Å². The quantitative estimate of drug-likeness (QED) is 0.734. The number of hydrogen-bond donors (Lipinski definition) is 1. The highest BCUT2D eigenvalue weighted by Gasteiger charge is 2.10. The monoisotopic (exact) mass is 304 g/mol. The SMILES string of the molecule is Cc1cccc(C(=O)c2cnc(NCc3ccncc3)nc2)c1. The van der Waals surface area contributed by atoms with Gasteiger partial charge in [-0.05, 0) is 30.7 Å². The molecule has 0 atom stereocenters. The van der Waals surface area contributed by atoms with Crippen LogP contribution in [0.1, 0.15) is 27.0 Å². The summed E-state index contributed by atoms with van der Waals surface area (Å²) in [6.45, 7) is 2.56. The number of nitrogens with one attached hydrogen (secondary N) is 1. The number of carbonyl (C=O) groups excluding carboxylic acids is 1. The van der Waals surface area contributed by atoms with Crippen LogP contribution in [0.3, 0.4) is 0 Å². The molecule has 2 heterocycles. The van der Waals surface area contributed by atoms with Gasteiger partial charge in [-0.2, -0.15) is 0 Å². The molecular weight excluding hydrogens is 288 g/mol. The highest BCUT2D eigenvalue weighted by atomic mass is 16.1. The van der Waals surface area contributed by atoms with Gasteiger partial charge in [0.25, 0.3) is 0 Å². The molecule has 0 amide bonds. The average Bonchev–Trinajstić information content (AvgIpc) is 2.61. The Kier molecular flexibility index (Phi) is 4.38. The topological polar surface area (TPSA) is 67.8 Å². The molecule has 2 aromatic heterocycles. The highest BCUT2D eigenvalue weighted by Crippen LogP contribution is 2.11. The molecule has 0 radical (unpaired) electrons. The molecule has 3 rings (SSSR count). The molecule has 0 aliphatic carbocycles. The fraction of sp³-hybridized carbons (Fsp3) is 0.111. The van der Waals surface area contributed by atoms with Gasteiger partial charge in [0.05, 0.1) is 5.56 Å². The number of anilines is 1. The lowest BCUT2D eigenvalue weighted by Gasteiger charge is -2.06. The van der Waals surface area contributed by atoms with Gasteiger partial charge < -0.3 is 5.32 Å². The van der Waals surface area contributed by atoms with Crippen LogP contribution >= 0.6 is 0 Å². The van der Waals surface area contributed by atoms with Crippen molar-refractivity contribution in [3.63, 3.8) is 0 Å². The molecule has 0 fully saturated rings. The van der Waals surface area contributed by atoms with Gasteiger partial charge >= 0.3 is 0 Å². The second kappa shape index (κ2) is 6.79. The van der Waals surface area contributed by atoms with Crippen molar-refractivity contribution in [2.45, 2.75) is 13.5 Å². The molecule has 1 aromatic carbocycles. The van der Waals surface area contributed by atoms with E-state index in [1.54, 1.807) is 30.9 Å². The zero-order valence-electron chi connectivity index (χ0n) is 12.7. The normalized spacial score (nSPS) is 10.3. The van der Waals surface area contributed by atoms with Crippen LogP contribution in [0, 0.1) is 6.92 Å². The Balaban J connectivity index is 1.68. The third-order valence-electron chi connectivity index (χ3n) is 3.39. The maximum Gasteiger partial charge on any atom is 0.222 e. The van der Waals surface area contributed by atoms with Crippen molar-refractivity contribution in [2.75, 3.05) is 5.32 Å². The zero-order valence-corrected chi connectivity index (χ0v) is 12.7. The Labute approximate surface area is 134 Å². The fourth-order valence-corrected chi connectivity index (χ4v) is 2.17. The van der Waals surface area contributed by atoms with Gasteiger partial charge in [0.1, 0.15) is 0 Å². The number of carbonyl (C=O) groups is 1. The molecule has 0 saturated carbocycles. The first-order chi connectivity index (χ1) is 11.2. The Morgan fingerprint density at radius 3 is 2.48 bits per heavy atom. The molecule has 5 nitrogen and oxygen atoms in total.